The highest BCUT2D eigenvalue weighted by atomic mass is 28.4. The zero-order valence-corrected chi connectivity index (χ0v) is 13.3. The van der Waals surface area contributed by atoms with Gasteiger partial charge in [0.15, 0.2) is 17.2 Å². The van der Waals surface area contributed by atoms with Gasteiger partial charge in [-0.3, -0.25) is 4.79 Å². The van der Waals surface area contributed by atoms with Crippen molar-refractivity contribution in [2.75, 3.05) is 0 Å². The number of ketones is 1. The summed E-state index contributed by atoms with van der Waals surface area (Å²) in [6.07, 6.45) is 0. The molecule has 1 heterocycles. The summed E-state index contributed by atoms with van der Waals surface area (Å²) in [5, 5.41) is 0. The third-order valence-corrected chi connectivity index (χ3v) is 3.87. The molecule has 1 aliphatic rings. The monoisotopic (exact) mass is 313 g/mol. The van der Waals surface area contributed by atoms with Crippen LogP contribution in [-0.2, 0) is 19.6 Å². The fourth-order valence-electron chi connectivity index (χ4n) is 2.03. The van der Waals surface area contributed by atoms with E-state index in [1.165, 1.54) is 13.0 Å². The highest BCUT2D eigenvalue weighted by Crippen LogP contribution is 2.38. The van der Waals surface area contributed by atoms with Gasteiger partial charge in [0.2, 0.25) is 25.7 Å². The maximum Gasteiger partial charge on any atom is 0.249 e. The van der Waals surface area contributed by atoms with E-state index in [9.17, 15) is 13.6 Å². The highest BCUT2D eigenvalue weighted by molar-refractivity contribution is 6.70. The number of carbonyl (C=O) groups excluding carboxylic acids is 1. The van der Waals surface area contributed by atoms with Crippen LogP contribution in [0.1, 0.15) is 12.5 Å². The molecular formula is C14H17F2NO3Si. The lowest BCUT2D eigenvalue weighted by atomic mass is 9.91. The molecule has 0 aliphatic carbocycles. The molecule has 0 aromatic heterocycles. The fraction of sp³-hybridized carbons (Fsp3) is 0.357. The van der Waals surface area contributed by atoms with Crippen LogP contribution in [0.15, 0.2) is 29.8 Å². The summed E-state index contributed by atoms with van der Waals surface area (Å²) in [6, 6.07) is 3.17. The topological polar surface area (TPSA) is 61.6 Å². The summed E-state index contributed by atoms with van der Waals surface area (Å²) in [6.45, 7) is 7.14. The molecule has 114 valence electrons. The van der Waals surface area contributed by atoms with E-state index in [2.05, 4.69) is 0 Å². The fourth-order valence-corrected chi connectivity index (χ4v) is 2.83. The summed E-state index contributed by atoms with van der Waals surface area (Å²) in [4.78, 5) is 12.5. The van der Waals surface area contributed by atoms with Gasteiger partial charge in [0.1, 0.15) is 0 Å². The van der Waals surface area contributed by atoms with Crippen LogP contribution >= 0.6 is 0 Å². The van der Waals surface area contributed by atoms with Crippen molar-refractivity contribution in [1.29, 1.82) is 0 Å². The predicted molar refractivity (Wildman–Crippen MR) is 75.4 cm³/mol. The number of rotatable bonds is 3. The standard InChI is InChI=1S/C14H17F2NO3Si/c1-14(8-5-6-9(15)10(16)7-8)12(18)11(13(17)19-14)20-21(2,3)4/h5-7H,17H2,1-4H3. The zero-order valence-electron chi connectivity index (χ0n) is 12.3. The Morgan fingerprint density at radius 2 is 1.86 bits per heavy atom. The Morgan fingerprint density at radius 3 is 2.38 bits per heavy atom. The van der Waals surface area contributed by atoms with Gasteiger partial charge in [0, 0.05) is 5.56 Å². The summed E-state index contributed by atoms with van der Waals surface area (Å²) in [5.74, 6) is -2.71. The quantitative estimate of drug-likeness (QED) is 0.872. The van der Waals surface area contributed by atoms with Crippen LogP contribution in [0.2, 0.25) is 19.6 Å². The van der Waals surface area contributed by atoms with Crippen molar-refractivity contribution in [2.24, 2.45) is 5.73 Å². The summed E-state index contributed by atoms with van der Waals surface area (Å²) in [7, 11) is -2.06. The van der Waals surface area contributed by atoms with E-state index in [1.54, 1.807) is 0 Å². The first-order valence-electron chi connectivity index (χ1n) is 6.43. The van der Waals surface area contributed by atoms with Crippen LogP contribution in [0, 0.1) is 11.6 Å². The normalized spacial score (nSPS) is 22.5. The van der Waals surface area contributed by atoms with Crippen molar-refractivity contribution in [1.82, 2.24) is 0 Å². The smallest absolute Gasteiger partial charge is 0.249 e. The zero-order chi connectivity index (χ0) is 16.0. The van der Waals surface area contributed by atoms with E-state index in [1.807, 2.05) is 19.6 Å². The van der Waals surface area contributed by atoms with E-state index in [-0.39, 0.29) is 17.2 Å². The number of hydrogen-bond acceptors (Lipinski definition) is 4. The lowest BCUT2D eigenvalue weighted by molar-refractivity contribution is -0.131. The molecule has 0 bridgehead atoms. The second kappa shape index (κ2) is 4.83. The molecule has 1 unspecified atom stereocenters. The molecule has 1 aromatic rings. The number of hydrogen-bond donors (Lipinski definition) is 1. The number of halogens is 2. The van der Waals surface area contributed by atoms with Gasteiger partial charge in [0.25, 0.3) is 0 Å². The van der Waals surface area contributed by atoms with Crippen molar-refractivity contribution in [2.45, 2.75) is 32.2 Å². The number of nitrogens with two attached hydrogens (primary N) is 1. The van der Waals surface area contributed by atoms with Gasteiger partial charge in [-0.1, -0.05) is 6.07 Å². The Kier molecular flexibility index (Phi) is 3.57. The van der Waals surface area contributed by atoms with Crippen LogP contribution < -0.4 is 5.73 Å². The Balaban J connectivity index is 2.39. The van der Waals surface area contributed by atoms with E-state index in [0.717, 1.165) is 12.1 Å². The molecule has 0 fully saturated rings. The van der Waals surface area contributed by atoms with Crippen molar-refractivity contribution >= 4 is 14.1 Å². The molecule has 7 heteroatoms. The van der Waals surface area contributed by atoms with Gasteiger partial charge in [-0.15, -0.1) is 0 Å². The van der Waals surface area contributed by atoms with Crippen molar-refractivity contribution in [3.05, 3.63) is 47.0 Å². The molecular weight excluding hydrogens is 296 g/mol. The number of ether oxygens (including phenoxy) is 1. The minimum Gasteiger partial charge on any atom is -0.538 e. The Bertz CT molecular complexity index is 640. The molecule has 21 heavy (non-hydrogen) atoms. The molecule has 1 aliphatic heterocycles. The van der Waals surface area contributed by atoms with Gasteiger partial charge in [0.05, 0.1) is 0 Å². The van der Waals surface area contributed by atoms with Crippen LogP contribution in [0.5, 0.6) is 0 Å². The first-order chi connectivity index (χ1) is 9.54. The Morgan fingerprint density at radius 1 is 1.24 bits per heavy atom. The summed E-state index contributed by atoms with van der Waals surface area (Å²) >= 11 is 0. The molecule has 1 aromatic carbocycles. The van der Waals surface area contributed by atoms with E-state index in [0.29, 0.717) is 0 Å². The second-order valence-corrected chi connectivity index (χ2v) is 10.4. The number of Topliss-reactive ketones (excluding diaryl/α,β-unsaturated/α-hetero) is 1. The van der Waals surface area contributed by atoms with Crippen molar-refractivity contribution in [3.8, 4) is 0 Å². The Hall–Kier alpha value is -1.89. The van der Waals surface area contributed by atoms with Crippen molar-refractivity contribution in [3.63, 3.8) is 0 Å². The molecule has 2 N–H and O–H groups in total. The highest BCUT2D eigenvalue weighted by Gasteiger charge is 2.49. The van der Waals surface area contributed by atoms with Crippen LogP contribution in [0.3, 0.4) is 0 Å². The van der Waals surface area contributed by atoms with Gasteiger partial charge in [-0.25, -0.2) is 8.78 Å². The minimum atomic E-state index is -2.06. The van der Waals surface area contributed by atoms with Crippen LogP contribution in [-0.4, -0.2) is 14.1 Å². The predicted octanol–water partition coefficient (Wildman–Crippen LogP) is 2.76. The van der Waals surface area contributed by atoms with E-state index in [4.69, 9.17) is 14.9 Å². The largest absolute Gasteiger partial charge is 0.538 e. The maximum absolute atomic E-state index is 13.4. The molecule has 0 saturated carbocycles. The molecule has 4 nitrogen and oxygen atoms in total. The average molecular weight is 313 g/mol. The first-order valence-corrected chi connectivity index (χ1v) is 9.83. The lowest BCUT2D eigenvalue weighted by Crippen LogP contribution is -2.34. The van der Waals surface area contributed by atoms with E-state index >= 15 is 0 Å². The summed E-state index contributed by atoms with van der Waals surface area (Å²) < 4.78 is 37.5. The minimum absolute atomic E-state index is 0.0404. The van der Waals surface area contributed by atoms with Gasteiger partial charge < -0.3 is 14.9 Å². The molecule has 0 spiro atoms. The molecule has 0 amide bonds. The van der Waals surface area contributed by atoms with E-state index < -0.39 is 31.3 Å². The number of benzene rings is 1. The summed E-state index contributed by atoms with van der Waals surface area (Å²) in [5.41, 5.74) is 4.40. The molecule has 2 rings (SSSR count). The third kappa shape index (κ3) is 2.78. The molecule has 0 saturated heterocycles. The third-order valence-electron chi connectivity index (χ3n) is 3.06. The Labute approximate surface area is 122 Å². The van der Waals surface area contributed by atoms with Gasteiger partial charge in [-0.05, 0) is 38.7 Å². The van der Waals surface area contributed by atoms with Crippen LogP contribution in [0.4, 0.5) is 8.78 Å². The maximum atomic E-state index is 13.4. The number of carbonyl (C=O) groups is 1. The molecule has 1 atom stereocenters. The SMILES string of the molecule is CC1(c2ccc(F)c(F)c2)OC(N)=C(O[Si](C)(C)C)C1=O. The average Bonchev–Trinajstić information content (AvgIpc) is 2.56. The lowest BCUT2D eigenvalue weighted by Gasteiger charge is -2.24. The molecule has 0 radical (unpaired) electrons. The first kappa shape index (κ1) is 15.5. The van der Waals surface area contributed by atoms with Crippen LogP contribution in [0.25, 0.3) is 0 Å². The van der Waals surface area contributed by atoms with Gasteiger partial charge in [-0.2, -0.15) is 0 Å². The van der Waals surface area contributed by atoms with Crippen molar-refractivity contribution < 1.29 is 22.7 Å². The second-order valence-electron chi connectivity index (χ2n) is 6.00. The van der Waals surface area contributed by atoms with Gasteiger partial charge >= 0.3 is 0 Å².